The Kier molecular flexibility index (Phi) is 8.82. The SMILES string of the molecule is CC[C@@H](C)NC(=O)[C@@H](Cc1ccccc1)N(Cc1ccccc1C)C(=O)Cc1ccccc1. The fraction of sp³-hybridized carbons (Fsp3) is 0.310. The van der Waals surface area contributed by atoms with Gasteiger partial charge in [-0.15, -0.1) is 0 Å². The van der Waals surface area contributed by atoms with Gasteiger partial charge in [-0.05, 0) is 42.5 Å². The second-order valence-corrected chi connectivity index (χ2v) is 8.63. The first-order valence-electron chi connectivity index (χ1n) is 11.7. The summed E-state index contributed by atoms with van der Waals surface area (Å²) in [5.41, 5.74) is 4.13. The predicted octanol–water partition coefficient (Wildman–Crippen LogP) is 5.09. The number of rotatable bonds is 10. The van der Waals surface area contributed by atoms with Gasteiger partial charge in [-0.25, -0.2) is 0 Å². The third-order valence-electron chi connectivity index (χ3n) is 6.07. The van der Waals surface area contributed by atoms with Gasteiger partial charge in [0, 0.05) is 19.0 Å². The molecule has 4 heteroatoms. The number of carbonyl (C=O) groups excluding carboxylic acids is 2. The summed E-state index contributed by atoms with van der Waals surface area (Å²) in [6.07, 6.45) is 1.56. The van der Waals surface area contributed by atoms with Crippen molar-refractivity contribution in [1.82, 2.24) is 10.2 Å². The second kappa shape index (κ2) is 12.0. The summed E-state index contributed by atoms with van der Waals surface area (Å²) in [6.45, 7) is 6.47. The summed E-state index contributed by atoms with van der Waals surface area (Å²) in [7, 11) is 0. The van der Waals surface area contributed by atoms with Crippen LogP contribution in [0.5, 0.6) is 0 Å². The lowest BCUT2D eigenvalue weighted by molar-refractivity contribution is -0.141. The molecule has 3 rings (SSSR count). The smallest absolute Gasteiger partial charge is 0.243 e. The predicted molar refractivity (Wildman–Crippen MR) is 134 cm³/mol. The Balaban J connectivity index is 1.97. The van der Waals surface area contributed by atoms with E-state index in [0.29, 0.717) is 13.0 Å². The van der Waals surface area contributed by atoms with Crippen molar-refractivity contribution >= 4 is 11.8 Å². The fourth-order valence-electron chi connectivity index (χ4n) is 3.84. The highest BCUT2D eigenvalue weighted by Crippen LogP contribution is 2.18. The van der Waals surface area contributed by atoms with Crippen LogP contribution in [-0.4, -0.2) is 28.8 Å². The number of aryl methyl sites for hydroxylation is 1. The second-order valence-electron chi connectivity index (χ2n) is 8.63. The van der Waals surface area contributed by atoms with Gasteiger partial charge in [0.05, 0.1) is 6.42 Å². The number of nitrogens with one attached hydrogen (secondary N) is 1. The van der Waals surface area contributed by atoms with E-state index in [-0.39, 0.29) is 24.3 Å². The van der Waals surface area contributed by atoms with Crippen LogP contribution in [-0.2, 0) is 29.0 Å². The highest BCUT2D eigenvalue weighted by atomic mass is 16.2. The lowest BCUT2D eigenvalue weighted by Gasteiger charge is -2.33. The van der Waals surface area contributed by atoms with E-state index in [1.54, 1.807) is 4.90 Å². The van der Waals surface area contributed by atoms with Gasteiger partial charge in [-0.2, -0.15) is 0 Å². The lowest BCUT2D eigenvalue weighted by atomic mass is 10.00. The largest absolute Gasteiger partial charge is 0.352 e. The molecule has 0 bridgehead atoms. The van der Waals surface area contributed by atoms with Crippen LogP contribution >= 0.6 is 0 Å². The molecule has 172 valence electrons. The number of hydrogen-bond acceptors (Lipinski definition) is 2. The maximum Gasteiger partial charge on any atom is 0.243 e. The van der Waals surface area contributed by atoms with Crippen molar-refractivity contribution in [3.8, 4) is 0 Å². The lowest BCUT2D eigenvalue weighted by Crippen LogP contribution is -2.52. The molecule has 0 aliphatic rings. The summed E-state index contributed by atoms with van der Waals surface area (Å²) in [6, 6.07) is 27.1. The van der Waals surface area contributed by atoms with E-state index >= 15 is 0 Å². The van der Waals surface area contributed by atoms with Gasteiger partial charge in [-0.1, -0.05) is 91.9 Å². The standard InChI is InChI=1S/C29H34N2O2/c1-4-23(3)30-29(33)27(19-24-14-7-5-8-15-24)31(21-26-18-12-11-13-22(26)2)28(32)20-25-16-9-6-10-17-25/h5-18,23,27H,4,19-21H2,1-3H3,(H,30,33)/t23-,27-/m1/s1. The van der Waals surface area contributed by atoms with Gasteiger partial charge in [0.1, 0.15) is 6.04 Å². The first-order chi connectivity index (χ1) is 16.0. The van der Waals surface area contributed by atoms with Crippen LogP contribution in [0.15, 0.2) is 84.9 Å². The molecule has 2 atom stereocenters. The Bertz CT molecular complexity index is 1030. The topological polar surface area (TPSA) is 49.4 Å². The average molecular weight is 443 g/mol. The van der Waals surface area contributed by atoms with Crippen molar-refractivity contribution < 1.29 is 9.59 Å². The Hall–Kier alpha value is -3.40. The van der Waals surface area contributed by atoms with E-state index in [4.69, 9.17) is 0 Å². The third kappa shape index (κ3) is 7.04. The molecule has 0 aromatic heterocycles. The molecular weight excluding hydrogens is 408 g/mol. The number of benzene rings is 3. The highest BCUT2D eigenvalue weighted by Gasteiger charge is 2.31. The maximum atomic E-state index is 13.7. The van der Waals surface area contributed by atoms with E-state index in [9.17, 15) is 9.59 Å². The molecule has 0 unspecified atom stereocenters. The minimum Gasteiger partial charge on any atom is -0.352 e. The van der Waals surface area contributed by atoms with Crippen LogP contribution in [0.4, 0.5) is 0 Å². The summed E-state index contributed by atoms with van der Waals surface area (Å²) in [5.74, 6) is -0.159. The molecular formula is C29H34N2O2. The third-order valence-corrected chi connectivity index (χ3v) is 6.07. The van der Waals surface area contributed by atoms with Gasteiger partial charge >= 0.3 is 0 Å². The van der Waals surface area contributed by atoms with Crippen molar-refractivity contribution in [3.05, 3.63) is 107 Å². The maximum absolute atomic E-state index is 13.7. The molecule has 3 aromatic rings. The van der Waals surface area contributed by atoms with Crippen molar-refractivity contribution in [1.29, 1.82) is 0 Å². The summed E-state index contributed by atoms with van der Waals surface area (Å²) in [5, 5.41) is 3.12. The van der Waals surface area contributed by atoms with Crippen molar-refractivity contribution in [2.45, 2.75) is 58.7 Å². The molecule has 0 radical (unpaired) electrons. The van der Waals surface area contributed by atoms with Crippen molar-refractivity contribution in [3.63, 3.8) is 0 Å². The molecule has 0 aliphatic carbocycles. The van der Waals surface area contributed by atoms with Crippen LogP contribution in [0.25, 0.3) is 0 Å². The van der Waals surface area contributed by atoms with Gasteiger partial charge in [-0.3, -0.25) is 9.59 Å². The molecule has 1 N–H and O–H groups in total. The normalized spacial score (nSPS) is 12.6. The van der Waals surface area contributed by atoms with Gasteiger partial charge < -0.3 is 10.2 Å². The number of amides is 2. The monoisotopic (exact) mass is 442 g/mol. The van der Waals surface area contributed by atoms with E-state index < -0.39 is 6.04 Å². The molecule has 4 nitrogen and oxygen atoms in total. The van der Waals surface area contributed by atoms with E-state index in [1.807, 2.05) is 106 Å². The highest BCUT2D eigenvalue weighted by molar-refractivity contribution is 5.89. The molecule has 0 fully saturated rings. The van der Waals surface area contributed by atoms with Crippen LogP contribution in [0, 0.1) is 6.92 Å². The van der Waals surface area contributed by atoms with Crippen molar-refractivity contribution in [2.24, 2.45) is 0 Å². The van der Waals surface area contributed by atoms with Crippen LogP contribution < -0.4 is 5.32 Å². The fourth-order valence-corrected chi connectivity index (χ4v) is 3.84. The molecule has 33 heavy (non-hydrogen) atoms. The average Bonchev–Trinajstić information content (AvgIpc) is 2.83. The van der Waals surface area contributed by atoms with Crippen LogP contribution in [0.2, 0.25) is 0 Å². The first kappa shape index (κ1) is 24.2. The first-order valence-corrected chi connectivity index (χ1v) is 11.7. The van der Waals surface area contributed by atoms with Crippen LogP contribution in [0.3, 0.4) is 0 Å². The zero-order valence-corrected chi connectivity index (χ0v) is 19.8. The minimum absolute atomic E-state index is 0.0420. The van der Waals surface area contributed by atoms with Gasteiger partial charge in [0.25, 0.3) is 0 Å². The van der Waals surface area contributed by atoms with Crippen molar-refractivity contribution in [2.75, 3.05) is 0 Å². The number of nitrogens with zero attached hydrogens (tertiary/aromatic N) is 1. The zero-order valence-electron chi connectivity index (χ0n) is 19.8. The van der Waals surface area contributed by atoms with Crippen LogP contribution in [0.1, 0.15) is 42.5 Å². The minimum atomic E-state index is -0.600. The quantitative estimate of drug-likeness (QED) is 0.475. The molecule has 3 aromatic carbocycles. The molecule has 0 saturated heterocycles. The zero-order chi connectivity index (χ0) is 23.6. The Morgan fingerprint density at radius 1 is 0.848 bits per heavy atom. The van der Waals surface area contributed by atoms with E-state index in [2.05, 4.69) is 5.32 Å². The molecule has 0 spiro atoms. The Morgan fingerprint density at radius 2 is 1.42 bits per heavy atom. The summed E-state index contributed by atoms with van der Waals surface area (Å²) < 4.78 is 0. The van der Waals surface area contributed by atoms with Gasteiger partial charge in [0.2, 0.25) is 11.8 Å². The number of carbonyl (C=O) groups is 2. The van der Waals surface area contributed by atoms with E-state index in [0.717, 1.165) is 28.7 Å². The Morgan fingerprint density at radius 3 is 2.03 bits per heavy atom. The van der Waals surface area contributed by atoms with E-state index in [1.165, 1.54) is 0 Å². The molecule has 0 aliphatic heterocycles. The summed E-state index contributed by atoms with van der Waals surface area (Å²) in [4.78, 5) is 28.9. The molecule has 0 heterocycles. The van der Waals surface area contributed by atoms with Gasteiger partial charge in [0.15, 0.2) is 0 Å². The molecule has 0 saturated carbocycles. The number of hydrogen-bond donors (Lipinski definition) is 1. The molecule has 2 amide bonds. The summed E-state index contributed by atoms with van der Waals surface area (Å²) >= 11 is 0. The Labute approximate surface area is 197 Å².